The molecular formula is C43H65N9O15. The molecule has 67 heavy (non-hydrogen) atoms. The van der Waals surface area contributed by atoms with Crippen LogP contribution < -0.4 is 48.7 Å². The van der Waals surface area contributed by atoms with Gasteiger partial charge in [0.1, 0.15) is 36.3 Å². The Balaban J connectivity index is 2.31. The van der Waals surface area contributed by atoms with Crippen LogP contribution in [0.25, 0.3) is 0 Å². The first kappa shape index (κ1) is 56.8. The number of benzene rings is 1. The number of Topliss-reactive ketones (excluding diaryl/α,β-unsaturated/α-hetero) is 2. The molecule has 0 radical (unpaired) electrons. The van der Waals surface area contributed by atoms with Gasteiger partial charge in [-0.05, 0) is 77.3 Å². The molecule has 0 saturated heterocycles. The molecule has 6 amide bonds. The molecule has 0 saturated carbocycles. The van der Waals surface area contributed by atoms with Crippen molar-refractivity contribution in [1.29, 1.82) is 0 Å². The van der Waals surface area contributed by atoms with E-state index in [1.165, 1.54) is 6.92 Å². The molecule has 1 aromatic carbocycles. The van der Waals surface area contributed by atoms with Crippen molar-refractivity contribution in [2.45, 2.75) is 140 Å². The summed E-state index contributed by atoms with van der Waals surface area (Å²) in [6.07, 6.45) is -1.15. The lowest BCUT2D eigenvalue weighted by Gasteiger charge is -2.27. The summed E-state index contributed by atoms with van der Waals surface area (Å²) >= 11 is 0. The van der Waals surface area contributed by atoms with Crippen molar-refractivity contribution in [3.8, 4) is 0 Å². The molecule has 24 heteroatoms. The number of ketones is 2. The van der Waals surface area contributed by atoms with Gasteiger partial charge in [0.05, 0.1) is 25.1 Å². The van der Waals surface area contributed by atoms with Crippen LogP contribution in [0.3, 0.4) is 0 Å². The maximum absolute atomic E-state index is 14.0. The number of unbranched alkanes of at least 4 members (excludes halogenated alkanes) is 2. The minimum atomic E-state index is -1.93. The summed E-state index contributed by atoms with van der Waals surface area (Å²) in [6, 6.07) is -4.94. The van der Waals surface area contributed by atoms with Crippen LogP contribution in [0.4, 0.5) is 0 Å². The Morgan fingerprint density at radius 2 is 1.12 bits per heavy atom. The number of aliphatic carboxylic acids is 3. The average Bonchev–Trinajstić information content (AvgIpc) is 3.26. The maximum atomic E-state index is 14.0. The molecule has 0 aromatic heterocycles. The molecule has 0 aliphatic heterocycles. The number of aliphatic hydroxyl groups excluding tert-OH is 1. The molecule has 1 unspecified atom stereocenters. The number of amides is 6. The average molecular weight is 948 g/mol. The second-order valence-electron chi connectivity index (χ2n) is 16.7. The van der Waals surface area contributed by atoms with Crippen molar-refractivity contribution in [1.82, 2.24) is 37.2 Å². The molecule has 0 bridgehead atoms. The van der Waals surface area contributed by atoms with Gasteiger partial charge in [-0.1, -0.05) is 38.1 Å². The van der Waals surface area contributed by atoms with E-state index in [0.717, 1.165) is 0 Å². The summed E-state index contributed by atoms with van der Waals surface area (Å²) in [4.78, 5) is 141. The van der Waals surface area contributed by atoms with Crippen LogP contribution in [0.1, 0.15) is 112 Å². The number of carboxylic acid groups (broad SMARTS) is 3. The third-order valence-electron chi connectivity index (χ3n) is 10.6. The quantitative estimate of drug-likeness (QED) is 0.0340. The molecule has 15 N–H and O–H groups in total. The Kier molecular flexibility index (Phi) is 24.2. The molecular weight excluding hydrogens is 883 g/mol. The second kappa shape index (κ2) is 28.6. The lowest BCUT2D eigenvalue weighted by atomic mass is 9.86. The van der Waals surface area contributed by atoms with Gasteiger partial charge in [-0.3, -0.25) is 47.9 Å². The smallest absolute Gasteiger partial charge is 0.326 e. The van der Waals surface area contributed by atoms with Crippen molar-refractivity contribution >= 4 is 64.9 Å². The number of aliphatic hydroxyl groups is 1. The number of carbonyl (C=O) groups excluding carboxylic acids is 8. The lowest BCUT2D eigenvalue weighted by Crippen LogP contribution is -2.60. The predicted molar refractivity (Wildman–Crippen MR) is 237 cm³/mol. The summed E-state index contributed by atoms with van der Waals surface area (Å²) < 4.78 is 0. The molecule has 0 heterocycles. The number of hydrogen-bond acceptors (Lipinski definition) is 15. The Morgan fingerprint density at radius 1 is 0.627 bits per heavy atom. The molecule has 1 aliphatic carbocycles. The number of fused-ring (bicyclic) bond motifs is 1. The first-order valence-corrected chi connectivity index (χ1v) is 22.0. The van der Waals surface area contributed by atoms with Gasteiger partial charge in [0, 0.05) is 24.0 Å². The van der Waals surface area contributed by atoms with E-state index in [1.54, 1.807) is 38.1 Å². The number of carbonyl (C=O) groups is 11. The van der Waals surface area contributed by atoms with Gasteiger partial charge >= 0.3 is 17.9 Å². The minimum Gasteiger partial charge on any atom is -0.481 e. The Hall–Kier alpha value is -6.37. The van der Waals surface area contributed by atoms with Crippen molar-refractivity contribution in [3.63, 3.8) is 0 Å². The zero-order chi connectivity index (χ0) is 50.4. The molecule has 2 rings (SSSR count). The second-order valence-corrected chi connectivity index (χ2v) is 16.7. The standard InChI is InChI=1S/C43H65N9O15/c1-22(2)18-30(50-41(64)31(20-35(57)58)51-39(62)27(14-15-34(55)56)48-42(65)32(21-53)52-37(60)23(3)45)40(63)47-26(38(61)49-28(43(66)67)13-6-8-16-44)12-7-9-17-46-29-19-33(54)24-10-4-5-11-25(24)36(29)59/h4-5,10-11,22-23,26-32,46,53H,6-9,12-21,44-45H2,1-3H3,(H,47,63)(H,48,65)(H,49,61)(H,50,64)(H,51,62)(H,52,60)(H,55,56)(H,57,58)(H,66,67)/t23-,26-,27-,28-,29?,30-,31-,32-/m0/s1. The molecule has 0 fully saturated rings. The number of nitrogens with two attached hydrogens (primary N) is 2. The lowest BCUT2D eigenvalue weighted by molar-refractivity contribution is -0.142. The normalized spacial score (nSPS) is 16.4. The monoisotopic (exact) mass is 947 g/mol. The van der Waals surface area contributed by atoms with E-state index < -0.39 is 128 Å². The predicted octanol–water partition coefficient (Wildman–Crippen LogP) is -2.57. The van der Waals surface area contributed by atoms with Crippen LogP contribution in [0.15, 0.2) is 24.3 Å². The third kappa shape index (κ3) is 19.6. The molecule has 0 spiro atoms. The van der Waals surface area contributed by atoms with Crippen LogP contribution >= 0.6 is 0 Å². The van der Waals surface area contributed by atoms with Crippen LogP contribution in [0.2, 0.25) is 0 Å². The van der Waals surface area contributed by atoms with E-state index >= 15 is 0 Å². The van der Waals surface area contributed by atoms with Gasteiger partial charge in [0.2, 0.25) is 35.4 Å². The molecule has 24 nitrogen and oxygen atoms in total. The van der Waals surface area contributed by atoms with Gasteiger partial charge < -0.3 is 69.1 Å². The van der Waals surface area contributed by atoms with E-state index in [9.17, 15) is 73.2 Å². The molecule has 1 aliphatic rings. The number of carboxylic acids is 3. The van der Waals surface area contributed by atoms with Gasteiger partial charge in [-0.2, -0.15) is 0 Å². The third-order valence-corrected chi connectivity index (χ3v) is 10.6. The summed E-state index contributed by atoms with van der Waals surface area (Å²) in [6.45, 7) is 4.21. The summed E-state index contributed by atoms with van der Waals surface area (Å²) in [7, 11) is 0. The van der Waals surface area contributed by atoms with Gasteiger partial charge in [0.15, 0.2) is 11.6 Å². The summed E-state index contributed by atoms with van der Waals surface area (Å²) in [5.41, 5.74) is 11.7. The SMILES string of the molecule is CC(C)C[C@H](NC(=O)[C@H](CC(=O)O)NC(=O)[C@H](CCC(=O)O)NC(=O)[C@H](CO)NC(=O)[C@H](C)N)C(=O)N[C@@H](CCCCNC1CC(=O)c2ccccc2C1=O)C(=O)N[C@@H](CCCCN)C(=O)O. The van der Waals surface area contributed by atoms with Gasteiger partial charge in [-0.15, -0.1) is 0 Å². The van der Waals surface area contributed by atoms with E-state index in [-0.39, 0.29) is 62.7 Å². The van der Waals surface area contributed by atoms with E-state index in [4.69, 9.17) is 11.5 Å². The van der Waals surface area contributed by atoms with Gasteiger partial charge in [0.25, 0.3) is 0 Å². The molecule has 8 atom stereocenters. The Morgan fingerprint density at radius 3 is 1.67 bits per heavy atom. The first-order valence-electron chi connectivity index (χ1n) is 22.0. The largest absolute Gasteiger partial charge is 0.481 e. The minimum absolute atomic E-state index is 0.0236. The van der Waals surface area contributed by atoms with Crippen molar-refractivity contribution in [2.24, 2.45) is 17.4 Å². The zero-order valence-electron chi connectivity index (χ0n) is 37.8. The number of nitrogens with one attached hydrogen (secondary N) is 7. The van der Waals surface area contributed by atoms with Crippen molar-refractivity contribution in [3.05, 3.63) is 35.4 Å². The highest BCUT2D eigenvalue weighted by Crippen LogP contribution is 2.21. The molecule has 372 valence electrons. The van der Waals surface area contributed by atoms with Crippen molar-refractivity contribution in [2.75, 3.05) is 19.7 Å². The summed E-state index contributed by atoms with van der Waals surface area (Å²) in [5, 5.41) is 55.5. The van der Waals surface area contributed by atoms with E-state index in [1.807, 2.05) is 0 Å². The highest BCUT2D eigenvalue weighted by atomic mass is 16.4. The fraction of sp³-hybridized carbons (Fsp3) is 0.605. The van der Waals surface area contributed by atoms with Crippen LogP contribution in [-0.4, -0.2) is 153 Å². The van der Waals surface area contributed by atoms with Crippen LogP contribution in [0, 0.1) is 5.92 Å². The van der Waals surface area contributed by atoms with E-state index in [2.05, 4.69) is 37.2 Å². The Bertz CT molecular complexity index is 1950. The fourth-order valence-corrected chi connectivity index (χ4v) is 6.93. The highest BCUT2D eigenvalue weighted by Gasteiger charge is 2.35. The fourth-order valence-electron chi connectivity index (χ4n) is 6.93. The molecule has 1 aromatic rings. The van der Waals surface area contributed by atoms with Gasteiger partial charge in [-0.25, -0.2) is 4.79 Å². The topological polar surface area (TPSA) is 405 Å². The number of rotatable bonds is 31. The Labute approximate surface area is 386 Å². The number of hydrogen-bond donors (Lipinski definition) is 13. The van der Waals surface area contributed by atoms with Crippen molar-refractivity contribution < 1.29 is 73.2 Å². The van der Waals surface area contributed by atoms with Crippen LogP contribution in [0.5, 0.6) is 0 Å². The maximum Gasteiger partial charge on any atom is 0.326 e. The first-order chi connectivity index (χ1) is 31.6. The summed E-state index contributed by atoms with van der Waals surface area (Å²) in [5.74, 6) is -11.3. The van der Waals surface area contributed by atoms with E-state index in [0.29, 0.717) is 30.4 Å². The zero-order valence-corrected chi connectivity index (χ0v) is 37.8. The highest BCUT2D eigenvalue weighted by molar-refractivity contribution is 6.16. The van der Waals surface area contributed by atoms with Crippen LogP contribution in [-0.2, 0) is 43.2 Å².